The average molecular weight is 416 g/mol. The third-order valence-electron chi connectivity index (χ3n) is 5.65. The van der Waals surface area contributed by atoms with E-state index in [1.165, 1.54) is 5.56 Å². The Morgan fingerprint density at radius 3 is 2.55 bits per heavy atom. The zero-order valence-electron chi connectivity index (χ0n) is 17.8. The molecule has 3 aromatic heterocycles. The fraction of sp³-hybridized carbons (Fsp3) is 0.304. The smallest absolute Gasteiger partial charge is 0.238 e. The first-order chi connectivity index (χ1) is 15.2. The Balaban J connectivity index is 1.50. The summed E-state index contributed by atoms with van der Waals surface area (Å²) in [6, 6.07) is 12.1. The molecule has 0 unspecified atom stereocenters. The lowest BCUT2D eigenvalue weighted by atomic mass is 9.91. The van der Waals surface area contributed by atoms with Crippen molar-refractivity contribution in [3.8, 4) is 28.8 Å². The predicted molar refractivity (Wildman–Crippen MR) is 116 cm³/mol. The molecule has 1 aromatic carbocycles. The summed E-state index contributed by atoms with van der Waals surface area (Å²) in [6.45, 7) is 2.81. The standard InChI is InChI=1S/C23H24N6O2/c1-15-13-28(14-24-15)20-11-10-19(25-23(20)31-3)21-26-22-18(5-4-12-29(22)27-21)16-6-8-17(30-2)9-7-16/h6-11,13-14,18H,4-5,12H2,1-3H3/t18-/m0/s1. The van der Waals surface area contributed by atoms with Gasteiger partial charge in [-0.05, 0) is 49.6 Å². The van der Waals surface area contributed by atoms with Crippen molar-refractivity contribution in [2.24, 2.45) is 0 Å². The van der Waals surface area contributed by atoms with E-state index in [9.17, 15) is 0 Å². The van der Waals surface area contributed by atoms with Crippen molar-refractivity contribution in [3.63, 3.8) is 0 Å². The Kier molecular flexibility index (Phi) is 4.89. The van der Waals surface area contributed by atoms with E-state index in [1.54, 1.807) is 20.5 Å². The summed E-state index contributed by atoms with van der Waals surface area (Å²) in [5.74, 6) is 3.15. The zero-order valence-corrected chi connectivity index (χ0v) is 17.8. The van der Waals surface area contributed by atoms with Crippen molar-refractivity contribution in [3.05, 3.63) is 66.0 Å². The van der Waals surface area contributed by atoms with Crippen LogP contribution in [0.5, 0.6) is 11.6 Å². The van der Waals surface area contributed by atoms with Gasteiger partial charge in [0, 0.05) is 18.7 Å². The van der Waals surface area contributed by atoms with Crippen molar-refractivity contribution in [1.82, 2.24) is 29.3 Å². The minimum Gasteiger partial charge on any atom is -0.497 e. The van der Waals surface area contributed by atoms with Gasteiger partial charge in [-0.15, -0.1) is 5.10 Å². The second-order valence-electron chi connectivity index (χ2n) is 7.63. The third-order valence-corrected chi connectivity index (χ3v) is 5.65. The quantitative estimate of drug-likeness (QED) is 0.493. The molecule has 8 nitrogen and oxygen atoms in total. The second kappa shape index (κ2) is 7.86. The number of nitrogens with zero attached hydrogens (tertiary/aromatic N) is 6. The second-order valence-corrected chi connectivity index (χ2v) is 7.63. The van der Waals surface area contributed by atoms with Gasteiger partial charge in [0.05, 0.1) is 26.2 Å². The highest BCUT2D eigenvalue weighted by molar-refractivity contribution is 5.55. The molecule has 0 radical (unpaired) electrons. The largest absolute Gasteiger partial charge is 0.497 e. The molecule has 0 spiro atoms. The summed E-state index contributed by atoms with van der Waals surface area (Å²) in [5.41, 5.74) is 3.66. The Morgan fingerprint density at radius 2 is 1.84 bits per heavy atom. The fourth-order valence-corrected chi connectivity index (χ4v) is 4.07. The van der Waals surface area contributed by atoms with Crippen molar-refractivity contribution in [2.75, 3.05) is 14.2 Å². The van der Waals surface area contributed by atoms with Crippen molar-refractivity contribution in [1.29, 1.82) is 0 Å². The molecule has 5 rings (SSSR count). The number of fused-ring (bicyclic) bond motifs is 1. The maximum atomic E-state index is 5.55. The van der Waals surface area contributed by atoms with E-state index in [0.717, 1.165) is 42.3 Å². The summed E-state index contributed by atoms with van der Waals surface area (Å²) < 4.78 is 14.8. The maximum Gasteiger partial charge on any atom is 0.238 e. The van der Waals surface area contributed by atoms with Crippen LogP contribution in [0.25, 0.3) is 17.2 Å². The number of benzene rings is 1. The third kappa shape index (κ3) is 3.54. The van der Waals surface area contributed by atoms with E-state index in [0.29, 0.717) is 17.4 Å². The topological polar surface area (TPSA) is 79.9 Å². The van der Waals surface area contributed by atoms with Gasteiger partial charge in [-0.2, -0.15) is 0 Å². The predicted octanol–water partition coefficient (Wildman–Crippen LogP) is 3.78. The Labute approximate surface area is 180 Å². The average Bonchev–Trinajstić information content (AvgIpc) is 3.45. The van der Waals surface area contributed by atoms with Gasteiger partial charge >= 0.3 is 0 Å². The molecule has 1 aliphatic rings. The van der Waals surface area contributed by atoms with E-state index in [2.05, 4.69) is 22.1 Å². The molecule has 0 saturated carbocycles. The summed E-state index contributed by atoms with van der Waals surface area (Å²) >= 11 is 0. The van der Waals surface area contributed by atoms with Gasteiger partial charge in [0.15, 0.2) is 5.82 Å². The highest BCUT2D eigenvalue weighted by atomic mass is 16.5. The van der Waals surface area contributed by atoms with Crippen LogP contribution in [0.1, 0.15) is 35.8 Å². The highest BCUT2D eigenvalue weighted by Crippen LogP contribution is 2.34. The van der Waals surface area contributed by atoms with Gasteiger partial charge in [0.2, 0.25) is 5.88 Å². The number of rotatable bonds is 5. The van der Waals surface area contributed by atoms with Crippen LogP contribution in [-0.4, -0.2) is 43.5 Å². The molecule has 0 fully saturated rings. The molecule has 0 amide bonds. The molecule has 158 valence electrons. The molecule has 0 bridgehead atoms. The Bertz CT molecular complexity index is 1210. The normalized spacial score (nSPS) is 15.5. The first kappa shape index (κ1) is 19.3. The molecule has 0 N–H and O–H groups in total. The first-order valence-electron chi connectivity index (χ1n) is 10.3. The fourth-order valence-electron chi connectivity index (χ4n) is 4.07. The summed E-state index contributed by atoms with van der Waals surface area (Å²) in [7, 11) is 3.30. The van der Waals surface area contributed by atoms with E-state index in [-0.39, 0.29) is 5.92 Å². The molecule has 0 saturated heterocycles. The first-order valence-corrected chi connectivity index (χ1v) is 10.3. The van der Waals surface area contributed by atoms with Crippen LogP contribution in [0.3, 0.4) is 0 Å². The maximum absolute atomic E-state index is 5.55. The van der Waals surface area contributed by atoms with E-state index in [1.807, 2.05) is 46.6 Å². The highest BCUT2D eigenvalue weighted by Gasteiger charge is 2.27. The van der Waals surface area contributed by atoms with E-state index in [4.69, 9.17) is 19.6 Å². The number of ether oxygens (including phenoxy) is 2. The summed E-state index contributed by atoms with van der Waals surface area (Å²) in [4.78, 5) is 13.9. The number of hydrogen-bond acceptors (Lipinski definition) is 6. The van der Waals surface area contributed by atoms with E-state index >= 15 is 0 Å². The Hall–Kier alpha value is -3.68. The Morgan fingerprint density at radius 1 is 1.00 bits per heavy atom. The molecule has 4 heterocycles. The number of methoxy groups -OCH3 is 2. The monoisotopic (exact) mass is 416 g/mol. The lowest BCUT2D eigenvalue weighted by Crippen LogP contribution is -2.17. The molecule has 1 aliphatic heterocycles. The molecule has 1 atom stereocenters. The van der Waals surface area contributed by atoms with Crippen LogP contribution in [-0.2, 0) is 6.54 Å². The molecule has 8 heteroatoms. The number of hydrogen-bond donors (Lipinski definition) is 0. The van der Waals surface area contributed by atoms with Gasteiger partial charge < -0.3 is 14.0 Å². The van der Waals surface area contributed by atoms with Crippen LogP contribution in [0, 0.1) is 6.92 Å². The molecule has 4 aromatic rings. The van der Waals surface area contributed by atoms with Crippen molar-refractivity contribution >= 4 is 0 Å². The van der Waals surface area contributed by atoms with Crippen LogP contribution in [0.15, 0.2) is 48.9 Å². The van der Waals surface area contributed by atoms with Crippen LogP contribution in [0.2, 0.25) is 0 Å². The molecular formula is C23H24N6O2. The minimum atomic E-state index is 0.205. The number of imidazole rings is 1. The SMILES string of the molecule is COc1ccc([C@@H]2CCCn3nc(-c4ccc(-n5cnc(C)c5)c(OC)n4)nc32)cc1. The van der Waals surface area contributed by atoms with Crippen LogP contribution < -0.4 is 9.47 Å². The number of aromatic nitrogens is 6. The number of aryl methyl sites for hydroxylation is 2. The van der Waals surface area contributed by atoms with Crippen LogP contribution in [0.4, 0.5) is 0 Å². The van der Waals surface area contributed by atoms with Gasteiger partial charge in [0.25, 0.3) is 0 Å². The molecule has 0 aliphatic carbocycles. The van der Waals surface area contributed by atoms with E-state index < -0.39 is 0 Å². The van der Waals surface area contributed by atoms with Crippen molar-refractivity contribution < 1.29 is 9.47 Å². The summed E-state index contributed by atoms with van der Waals surface area (Å²) in [5, 5.41) is 4.76. The molecule has 31 heavy (non-hydrogen) atoms. The minimum absolute atomic E-state index is 0.205. The van der Waals surface area contributed by atoms with Gasteiger partial charge in [-0.3, -0.25) is 0 Å². The lowest BCUT2D eigenvalue weighted by molar-refractivity contribution is 0.396. The van der Waals surface area contributed by atoms with Gasteiger partial charge in [-0.25, -0.2) is 19.6 Å². The zero-order chi connectivity index (χ0) is 21.4. The van der Waals surface area contributed by atoms with Crippen LogP contribution >= 0.6 is 0 Å². The molecular weight excluding hydrogens is 392 g/mol. The lowest BCUT2D eigenvalue weighted by Gasteiger charge is -2.22. The summed E-state index contributed by atoms with van der Waals surface area (Å²) in [6.07, 6.45) is 5.79. The van der Waals surface area contributed by atoms with Gasteiger partial charge in [-0.1, -0.05) is 12.1 Å². The number of pyridine rings is 1. The van der Waals surface area contributed by atoms with Gasteiger partial charge in [0.1, 0.15) is 23.0 Å². The van der Waals surface area contributed by atoms with Crippen molar-refractivity contribution in [2.45, 2.75) is 32.2 Å².